The molecule has 0 aliphatic carbocycles. The predicted molar refractivity (Wildman–Crippen MR) is 55.3 cm³/mol. The van der Waals surface area contributed by atoms with Crippen LogP contribution in [0.15, 0.2) is 12.1 Å². The van der Waals surface area contributed by atoms with Crippen LogP contribution in [0.4, 0.5) is 8.78 Å². The largest absolute Gasteiger partial charge is 0.465 e. The van der Waals surface area contributed by atoms with Crippen molar-refractivity contribution in [3.05, 3.63) is 34.4 Å². The van der Waals surface area contributed by atoms with Crippen molar-refractivity contribution in [3.63, 3.8) is 0 Å². The average molecular weight is 240 g/mol. The topological polar surface area (TPSA) is 76.1 Å². The van der Waals surface area contributed by atoms with Crippen molar-refractivity contribution in [1.82, 2.24) is 0 Å². The molecule has 0 atom stereocenters. The van der Waals surface area contributed by atoms with Crippen LogP contribution in [0, 0.1) is 11.3 Å². The van der Waals surface area contributed by atoms with Crippen LogP contribution in [0.2, 0.25) is 0 Å². The third-order valence-corrected chi connectivity index (χ3v) is 2.29. The highest BCUT2D eigenvalue weighted by atomic mass is 19.3. The van der Waals surface area contributed by atoms with E-state index in [-0.39, 0.29) is 23.2 Å². The molecule has 0 spiro atoms. The molecule has 6 heteroatoms. The lowest BCUT2D eigenvalue weighted by molar-refractivity contribution is 0.0588. The van der Waals surface area contributed by atoms with E-state index in [1.54, 1.807) is 6.07 Å². The Balaban J connectivity index is 3.57. The molecule has 4 nitrogen and oxygen atoms in total. The molecule has 0 heterocycles. The van der Waals surface area contributed by atoms with Crippen LogP contribution < -0.4 is 5.73 Å². The number of carbonyl (C=O) groups excluding carboxylic acids is 1. The second kappa shape index (κ2) is 5.37. The van der Waals surface area contributed by atoms with E-state index in [0.717, 1.165) is 13.2 Å². The zero-order chi connectivity index (χ0) is 13.0. The number of esters is 1. The number of benzene rings is 1. The lowest BCUT2D eigenvalue weighted by Gasteiger charge is -2.12. The zero-order valence-electron chi connectivity index (χ0n) is 9.04. The molecule has 1 aromatic carbocycles. The van der Waals surface area contributed by atoms with Crippen LogP contribution >= 0.6 is 0 Å². The van der Waals surface area contributed by atoms with E-state index in [2.05, 4.69) is 4.74 Å². The first-order chi connectivity index (χ1) is 8.06. The number of rotatable bonds is 3. The standard InChI is InChI=1S/C11H10F2N2O2/c1-17-11(16)9-7(10(12)13)3-2-6(4-14)8(9)5-15/h2-3,10H,5,15H2,1H3. The molecule has 0 saturated heterocycles. The SMILES string of the molecule is COC(=O)c1c(C(F)F)ccc(C#N)c1CN. The highest BCUT2D eigenvalue weighted by Gasteiger charge is 2.24. The lowest BCUT2D eigenvalue weighted by atomic mass is 9.96. The Labute approximate surface area is 96.6 Å². The van der Waals surface area contributed by atoms with Crippen molar-refractivity contribution in [1.29, 1.82) is 5.26 Å². The number of nitrogens with zero attached hydrogens (tertiary/aromatic N) is 1. The van der Waals surface area contributed by atoms with Crippen molar-refractivity contribution in [2.24, 2.45) is 5.73 Å². The lowest BCUT2D eigenvalue weighted by Crippen LogP contribution is -2.14. The zero-order valence-corrected chi connectivity index (χ0v) is 9.04. The van der Waals surface area contributed by atoms with Gasteiger partial charge >= 0.3 is 5.97 Å². The number of ether oxygens (including phenoxy) is 1. The summed E-state index contributed by atoms with van der Waals surface area (Å²) in [5.74, 6) is -0.919. The van der Waals surface area contributed by atoms with Crippen molar-refractivity contribution in [3.8, 4) is 6.07 Å². The Bertz CT molecular complexity index is 481. The maximum atomic E-state index is 12.7. The van der Waals surface area contributed by atoms with E-state index >= 15 is 0 Å². The molecule has 0 unspecified atom stereocenters. The second-order valence-electron chi connectivity index (χ2n) is 3.16. The summed E-state index contributed by atoms with van der Waals surface area (Å²) in [6.07, 6.45) is -2.83. The Morgan fingerprint density at radius 3 is 2.65 bits per heavy atom. The summed E-state index contributed by atoms with van der Waals surface area (Å²) < 4.78 is 29.9. The number of halogens is 2. The summed E-state index contributed by atoms with van der Waals surface area (Å²) in [6.45, 7) is -0.187. The molecule has 0 radical (unpaired) electrons. The summed E-state index contributed by atoms with van der Waals surface area (Å²) in [7, 11) is 1.08. The van der Waals surface area contributed by atoms with Gasteiger partial charge in [0.25, 0.3) is 6.43 Å². The number of nitrogens with two attached hydrogens (primary N) is 1. The Morgan fingerprint density at radius 2 is 2.24 bits per heavy atom. The maximum Gasteiger partial charge on any atom is 0.338 e. The van der Waals surface area contributed by atoms with Gasteiger partial charge in [0.2, 0.25) is 0 Å². The fraction of sp³-hybridized carbons (Fsp3) is 0.273. The van der Waals surface area contributed by atoms with Gasteiger partial charge in [-0.25, -0.2) is 13.6 Å². The molecule has 1 aromatic rings. The van der Waals surface area contributed by atoms with Crippen molar-refractivity contribution in [2.75, 3.05) is 7.11 Å². The van der Waals surface area contributed by atoms with Crippen LogP contribution in [0.3, 0.4) is 0 Å². The van der Waals surface area contributed by atoms with Crippen molar-refractivity contribution >= 4 is 5.97 Å². The first-order valence-electron chi connectivity index (χ1n) is 4.69. The summed E-state index contributed by atoms with van der Waals surface area (Å²) >= 11 is 0. The molecule has 17 heavy (non-hydrogen) atoms. The van der Waals surface area contributed by atoms with E-state index in [4.69, 9.17) is 11.0 Å². The normalized spacial score (nSPS) is 10.1. The molecule has 0 aromatic heterocycles. The minimum Gasteiger partial charge on any atom is -0.465 e. The van der Waals surface area contributed by atoms with Crippen LogP contribution in [0.1, 0.15) is 33.5 Å². The molecule has 0 fully saturated rings. The molecule has 0 bridgehead atoms. The van der Waals surface area contributed by atoms with Gasteiger partial charge in [-0.2, -0.15) is 5.26 Å². The first kappa shape index (κ1) is 13.1. The van der Waals surface area contributed by atoms with E-state index in [1.165, 1.54) is 6.07 Å². The minimum atomic E-state index is -2.83. The highest BCUT2D eigenvalue weighted by molar-refractivity contribution is 5.93. The van der Waals surface area contributed by atoms with Gasteiger partial charge in [-0.15, -0.1) is 0 Å². The highest BCUT2D eigenvalue weighted by Crippen LogP contribution is 2.28. The summed E-state index contributed by atoms with van der Waals surface area (Å²) in [5, 5.41) is 8.81. The summed E-state index contributed by atoms with van der Waals surface area (Å²) in [6, 6.07) is 4.05. The second-order valence-corrected chi connectivity index (χ2v) is 3.16. The fourth-order valence-electron chi connectivity index (χ4n) is 1.51. The quantitative estimate of drug-likeness (QED) is 0.816. The molecule has 0 aliphatic rings. The van der Waals surface area contributed by atoms with Gasteiger partial charge in [-0.05, 0) is 11.6 Å². The number of hydrogen-bond donors (Lipinski definition) is 1. The van der Waals surface area contributed by atoms with Gasteiger partial charge in [0.1, 0.15) is 0 Å². The molecular weight excluding hydrogens is 230 g/mol. The van der Waals surface area contributed by atoms with Crippen LogP contribution in [-0.2, 0) is 11.3 Å². The Morgan fingerprint density at radius 1 is 1.59 bits per heavy atom. The van der Waals surface area contributed by atoms with E-state index < -0.39 is 18.0 Å². The fourth-order valence-corrected chi connectivity index (χ4v) is 1.51. The molecule has 2 N–H and O–H groups in total. The Kier molecular flexibility index (Phi) is 4.12. The first-order valence-corrected chi connectivity index (χ1v) is 4.69. The monoisotopic (exact) mass is 240 g/mol. The number of carbonyl (C=O) groups is 1. The Hall–Kier alpha value is -2.00. The molecule has 90 valence electrons. The number of methoxy groups -OCH3 is 1. The van der Waals surface area contributed by atoms with Gasteiger partial charge in [0.15, 0.2) is 0 Å². The smallest absolute Gasteiger partial charge is 0.338 e. The molecular formula is C11H10F2N2O2. The number of nitriles is 1. The van der Waals surface area contributed by atoms with Gasteiger partial charge in [0, 0.05) is 12.1 Å². The van der Waals surface area contributed by atoms with Crippen LogP contribution in [0.5, 0.6) is 0 Å². The predicted octanol–water partition coefficient (Wildman–Crippen LogP) is 1.74. The minimum absolute atomic E-state index is 0.0807. The molecule has 0 aliphatic heterocycles. The van der Waals surface area contributed by atoms with E-state index in [0.29, 0.717) is 0 Å². The number of hydrogen-bond acceptors (Lipinski definition) is 4. The van der Waals surface area contributed by atoms with Gasteiger partial charge in [0.05, 0.1) is 24.3 Å². The van der Waals surface area contributed by atoms with Crippen molar-refractivity contribution in [2.45, 2.75) is 13.0 Å². The van der Waals surface area contributed by atoms with Gasteiger partial charge in [-0.3, -0.25) is 0 Å². The number of alkyl halides is 2. The van der Waals surface area contributed by atoms with Crippen LogP contribution in [-0.4, -0.2) is 13.1 Å². The molecule has 1 rings (SSSR count). The maximum absolute atomic E-state index is 12.7. The van der Waals surface area contributed by atoms with Crippen molar-refractivity contribution < 1.29 is 18.3 Å². The van der Waals surface area contributed by atoms with Gasteiger partial charge in [-0.1, -0.05) is 6.07 Å². The van der Waals surface area contributed by atoms with Crippen LogP contribution in [0.25, 0.3) is 0 Å². The molecule has 0 saturated carbocycles. The van der Waals surface area contributed by atoms with E-state index in [1.807, 2.05) is 0 Å². The summed E-state index contributed by atoms with van der Waals surface area (Å²) in [5.41, 5.74) is 4.77. The van der Waals surface area contributed by atoms with E-state index in [9.17, 15) is 13.6 Å². The molecule has 0 amide bonds. The average Bonchev–Trinajstić information content (AvgIpc) is 2.35. The third-order valence-electron chi connectivity index (χ3n) is 2.29. The summed E-state index contributed by atoms with van der Waals surface area (Å²) in [4.78, 5) is 11.5. The third kappa shape index (κ3) is 2.40. The van der Waals surface area contributed by atoms with Gasteiger partial charge < -0.3 is 10.5 Å².